The van der Waals surface area contributed by atoms with Crippen LogP contribution in [0.15, 0.2) is 58.3 Å². The lowest BCUT2D eigenvalue weighted by Crippen LogP contribution is -2.00. The Morgan fingerprint density at radius 1 is 0.905 bits per heavy atom. The monoisotopic (exact) mass is 329 g/mol. The van der Waals surface area contributed by atoms with Crippen molar-refractivity contribution >= 4 is 29.2 Å². The molecule has 0 saturated carbocycles. The van der Waals surface area contributed by atoms with Gasteiger partial charge in [0, 0.05) is 22.0 Å². The minimum absolute atomic E-state index is 0.102. The fraction of sp³-hybridized carbons (Fsp3) is 0.200. The molecule has 0 heterocycles. The molecule has 0 aliphatic carbocycles. The van der Waals surface area contributed by atoms with Gasteiger partial charge >= 0.3 is 5.51 Å². The summed E-state index contributed by atoms with van der Waals surface area (Å²) in [7, 11) is 0. The van der Waals surface area contributed by atoms with Gasteiger partial charge in [-0.3, -0.25) is 0 Å². The van der Waals surface area contributed by atoms with Crippen LogP contribution in [0.25, 0.3) is 0 Å². The summed E-state index contributed by atoms with van der Waals surface area (Å²) >= 11 is 1.58. The number of hydrogen-bond donors (Lipinski definition) is 1. The lowest BCUT2D eigenvalue weighted by Gasteiger charge is -2.09. The van der Waals surface area contributed by atoms with Gasteiger partial charge in [-0.25, -0.2) is 0 Å². The van der Waals surface area contributed by atoms with Crippen LogP contribution in [0.1, 0.15) is 5.56 Å². The van der Waals surface area contributed by atoms with E-state index in [1.54, 1.807) is 23.9 Å². The first kappa shape index (κ1) is 16.1. The highest BCUT2D eigenvalue weighted by Crippen LogP contribution is 2.37. The molecule has 2 aromatic carbocycles. The first-order valence-electron chi connectivity index (χ1n) is 6.19. The van der Waals surface area contributed by atoms with Gasteiger partial charge in [-0.15, -0.1) is 11.8 Å². The summed E-state index contributed by atoms with van der Waals surface area (Å²) in [5.74, 6) is 0. The SMILES string of the molecule is CSc1ccc(CNc2ccc(SC(F)(F)F)cc2)cc1. The van der Waals surface area contributed by atoms with Gasteiger partial charge in [0.05, 0.1) is 0 Å². The molecule has 0 saturated heterocycles. The van der Waals surface area contributed by atoms with Crippen LogP contribution in [0.2, 0.25) is 0 Å². The predicted molar refractivity (Wildman–Crippen MR) is 83.9 cm³/mol. The normalized spacial score (nSPS) is 11.4. The van der Waals surface area contributed by atoms with Gasteiger partial charge in [0.25, 0.3) is 0 Å². The predicted octanol–water partition coefficient (Wildman–Crippen LogP) is 5.63. The van der Waals surface area contributed by atoms with Gasteiger partial charge in [0.15, 0.2) is 0 Å². The van der Waals surface area contributed by atoms with Crippen molar-refractivity contribution in [1.82, 2.24) is 0 Å². The van der Waals surface area contributed by atoms with Crippen LogP contribution in [0, 0.1) is 0 Å². The van der Waals surface area contributed by atoms with Crippen LogP contribution in [0.3, 0.4) is 0 Å². The highest BCUT2D eigenvalue weighted by Gasteiger charge is 2.28. The number of nitrogens with one attached hydrogen (secondary N) is 1. The summed E-state index contributed by atoms with van der Waals surface area (Å²) in [4.78, 5) is 1.39. The number of thioether (sulfide) groups is 2. The van der Waals surface area contributed by atoms with Crippen molar-refractivity contribution in [3.05, 3.63) is 54.1 Å². The molecule has 1 N–H and O–H groups in total. The van der Waals surface area contributed by atoms with E-state index in [9.17, 15) is 13.2 Å². The highest BCUT2D eigenvalue weighted by molar-refractivity contribution is 8.00. The van der Waals surface area contributed by atoms with E-state index in [0.717, 1.165) is 11.3 Å². The van der Waals surface area contributed by atoms with Gasteiger partial charge < -0.3 is 5.32 Å². The largest absolute Gasteiger partial charge is 0.446 e. The number of benzene rings is 2. The standard InChI is InChI=1S/C15H14F3NS2/c1-20-13-6-2-11(3-7-13)10-19-12-4-8-14(9-5-12)21-15(16,17)18/h2-9,19H,10H2,1H3. The summed E-state index contributed by atoms with van der Waals surface area (Å²) in [6.45, 7) is 0.639. The molecule has 0 unspecified atom stereocenters. The molecule has 1 nitrogen and oxygen atoms in total. The van der Waals surface area contributed by atoms with E-state index in [1.807, 2.05) is 30.5 Å². The highest BCUT2D eigenvalue weighted by atomic mass is 32.2. The van der Waals surface area contributed by atoms with Crippen molar-refractivity contribution in [3.8, 4) is 0 Å². The van der Waals surface area contributed by atoms with Crippen LogP contribution in [-0.2, 0) is 6.54 Å². The fourth-order valence-electron chi connectivity index (χ4n) is 1.72. The molecule has 0 fully saturated rings. The average molecular weight is 329 g/mol. The molecule has 0 amide bonds. The van der Waals surface area contributed by atoms with Crippen molar-refractivity contribution in [3.63, 3.8) is 0 Å². The average Bonchev–Trinajstić information content (AvgIpc) is 2.45. The second-order valence-electron chi connectivity index (χ2n) is 4.27. The maximum atomic E-state index is 12.2. The third-order valence-electron chi connectivity index (χ3n) is 2.74. The first-order valence-corrected chi connectivity index (χ1v) is 8.23. The van der Waals surface area contributed by atoms with E-state index in [1.165, 1.54) is 17.0 Å². The van der Waals surface area contributed by atoms with Crippen LogP contribution in [0.5, 0.6) is 0 Å². The fourth-order valence-corrected chi connectivity index (χ4v) is 2.67. The second-order valence-corrected chi connectivity index (χ2v) is 6.29. The molecule has 2 rings (SSSR count). The van der Waals surface area contributed by atoms with E-state index in [4.69, 9.17) is 0 Å². The molecule has 112 valence electrons. The molecule has 0 bridgehead atoms. The quantitative estimate of drug-likeness (QED) is 0.714. The molecule has 0 aliphatic rings. The van der Waals surface area contributed by atoms with E-state index in [2.05, 4.69) is 5.32 Å². The molecule has 2 aromatic rings. The van der Waals surface area contributed by atoms with E-state index < -0.39 is 5.51 Å². The Balaban J connectivity index is 1.91. The molecule has 0 aliphatic heterocycles. The first-order chi connectivity index (χ1) is 9.96. The zero-order valence-electron chi connectivity index (χ0n) is 11.3. The van der Waals surface area contributed by atoms with Crippen LogP contribution in [0.4, 0.5) is 18.9 Å². The molecule has 21 heavy (non-hydrogen) atoms. The smallest absolute Gasteiger partial charge is 0.381 e. The number of rotatable bonds is 5. The van der Waals surface area contributed by atoms with E-state index >= 15 is 0 Å². The maximum Gasteiger partial charge on any atom is 0.446 e. The zero-order valence-corrected chi connectivity index (χ0v) is 12.9. The van der Waals surface area contributed by atoms with Gasteiger partial charge in [0.2, 0.25) is 0 Å². The van der Waals surface area contributed by atoms with Gasteiger partial charge in [-0.2, -0.15) is 13.2 Å². The van der Waals surface area contributed by atoms with Crippen molar-refractivity contribution in [2.75, 3.05) is 11.6 Å². The number of alkyl halides is 3. The van der Waals surface area contributed by atoms with Gasteiger partial charge in [-0.1, -0.05) is 12.1 Å². The molecule has 0 spiro atoms. The van der Waals surface area contributed by atoms with Crippen molar-refractivity contribution in [2.24, 2.45) is 0 Å². The summed E-state index contributed by atoms with van der Waals surface area (Å²) in [5.41, 5.74) is -2.31. The van der Waals surface area contributed by atoms with Gasteiger partial charge in [-0.05, 0) is 60.0 Å². The Morgan fingerprint density at radius 2 is 1.48 bits per heavy atom. The molecule has 0 radical (unpaired) electrons. The minimum Gasteiger partial charge on any atom is -0.381 e. The van der Waals surface area contributed by atoms with E-state index in [-0.39, 0.29) is 16.7 Å². The summed E-state index contributed by atoms with van der Waals surface area (Å²) in [5, 5.41) is 3.19. The van der Waals surface area contributed by atoms with Crippen molar-refractivity contribution < 1.29 is 13.2 Å². The van der Waals surface area contributed by atoms with Crippen LogP contribution >= 0.6 is 23.5 Å². The Hall–Kier alpha value is -1.27. The molecular formula is C15H14F3NS2. The lowest BCUT2D eigenvalue weighted by atomic mass is 10.2. The zero-order chi connectivity index (χ0) is 15.3. The Bertz CT molecular complexity index is 565. The summed E-state index contributed by atoms with van der Waals surface area (Å²) < 4.78 is 36.7. The number of hydrogen-bond acceptors (Lipinski definition) is 3. The summed E-state index contributed by atoms with van der Waals surface area (Å²) in [6.07, 6.45) is 2.02. The van der Waals surface area contributed by atoms with Crippen LogP contribution in [-0.4, -0.2) is 11.8 Å². The number of anilines is 1. The van der Waals surface area contributed by atoms with Crippen molar-refractivity contribution in [2.45, 2.75) is 21.8 Å². The number of halogens is 3. The lowest BCUT2D eigenvalue weighted by molar-refractivity contribution is -0.0328. The van der Waals surface area contributed by atoms with Crippen molar-refractivity contribution in [1.29, 1.82) is 0 Å². The van der Waals surface area contributed by atoms with E-state index in [0.29, 0.717) is 6.54 Å². The molecule has 0 aromatic heterocycles. The summed E-state index contributed by atoms with van der Waals surface area (Å²) in [6, 6.07) is 14.4. The molecule has 6 heteroatoms. The maximum absolute atomic E-state index is 12.2. The Kier molecular flexibility index (Phi) is 5.47. The minimum atomic E-state index is -4.24. The second kappa shape index (κ2) is 7.13. The molecule has 0 atom stereocenters. The van der Waals surface area contributed by atoms with Crippen LogP contribution < -0.4 is 5.32 Å². The topological polar surface area (TPSA) is 12.0 Å². The third-order valence-corrected chi connectivity index (χ3v) is 4.23. The molecular weight excluding hydrogens is 315 g/mol. The Morgan fingerprint density at radius 3 is 2.00 bits per heavy atom. The third kappa shape index (κ3) is 5.55. The van der Waals surface area contributed by atoms with Gasteiger partial charge in [0.1, 0.15) is 0 Å². The Labute approximate surface area is 130 Å².